The highest BCUT2D eigenvalue weighted by Crippen LogP contribution is 2.20. The number of hydrogen-bond acceptors (Lipinski definition) is 4. The number of nitrogens with one attached hydrogen (secondary N) is 2. The fourth-order valence-electron chi connectivity index (χ4n) is 1.96. The molecule has 1 aromatic carbocycles. The van der Waals surface area contributed by atoms with E-state index in [0.717, 1.165) is 0 Å². The van der Waals surface area contributed by atoms with Gasteiger partial charge in [0.2, 0.25) is 10.0 Å². The third kappa shape index (κ3) is 2.83. The number of fused-ring (bicyclic) bond motifs is 1. The minimum absolute atomic E-state index is 0.0261. The number of aromatic amines is 1. The van der Waals surface area contributed by atoms with Gasteiger partial charge >= 0.3 is 0 Å². The van der Waals surface area contributed by atoms with Crippen LogP contribution in [0.1, 0.15) is 5.69 Å². The largest absolute Gasteiger partial charge is 0.326 e. The summed E-state index contributed by atoms with van der Waals surface area (Å²) >= 11 is 0. The number of likely N-dealkylation sites (N-methyl/N-ethyl adjacent to an activating group) is 1. The van der Waals surface area contributed by atoms with Gasteiger partial charge in [0.1, 0.15) is 0 Å². The summed E-state index contributed by atoms with van der Waals surface area (Å²) in [6.07, 6.45) is 0.598. The highest BCUT2D eigenvalue weighted by atomic mass is 32.2. The first-order chi connectivity index (χ1) is 8.93. The van der Waals surface area contributed by atoms with E-state index in [1.165, 1.54) is 12.1 Å². The van der Waals surface area contributed by atoms with Gasteiger partial charge in [0, 0.05) is 29.4 Å². The zero-order valence-corrected chi connectivity index (χ0v) is 11.3. The van der Waals surface area contributed by atoms with Crippen LogP contribution in [-0.4, -0.2) is 27.0 Å². The smallest absolute Gasteiger partial charge is 0.256 e. The van der Waals surface area contributed by atoms with Gasteiger partial charge < -0.3 is 10.3 Å². The molecule has 4 N–H and O–H groups in total. The van der Waals surface area contributed by atoms with Gasteiger partial charge in [-0.1, -0.05) is 6.07 Å². The van der Waals surface area contributed by atoms with E-state index in [-0.39, 0.29) is 10.5 Å². The van der Waals surface area contributed by atoms with E-state index in [9.17, 15) is 13.2 Å². The van der Waals surface area contributed by atoms with Crippen LogP contribution in [0.15, 0.2) is 34.0 Å². The molecule has 0 amide bonds. The van der Waals surface area contributed by atoms with E-state index in [0.29, 0.717) is 29.4 Å². The van der Waals surface area contributed by atoms with Crippen molar-refractivity contribution in [2.24, 2.45) is 5.14 Å². The third-order valence-corrected chi connectivity index (χ3v) is 3.82. The van der Waals surface area contributed by atoms with Gasteiger partial charge in [0.15, 0.2) is 0 Å². The second-order valence-electron chi connectivity index (χ2n) is 4.24. The van der Waals surface area contributed by atoms with Crippen molar-refractivity contribution in [3.8, 4) is 0 Å². The summed E-state index contributed by atoms with van der Waals surface area (Å²) < 4.78 is 23.1. The summed E-state index contributed by atoms with van der Waals surface area (Å²) in [6.45, 7) is 0.680. The molecule has 0 aliphatic heterocycles. The summed E-state index contributed by atoms with van der Waals surface area (Å²) in [5.41, 5.74) is 0.358. The maximum atomic E-state index is 11.9. The molecule has 0 saturated carbocycles. The molecule has 1 heterocycles. The molecule has 6 nitrogen and oxygen atoms in total. The van der Waals surface area contributed by atoms with E-state index in [1.54, 1.807) is 19.2 Å². The van der Waals surface area contributed by atoms with Crippen LogP contribution in [0.4, 0.5) is 0 Å². The van der Waals surface area contributed by atoms with Crippen LogP contribution < -0.4 is 16.0 Å². The van der Waals surface area contributed by atoms with Gasteiger partial charge in [-0.2, -0.15) is 0 Å². The maximum absolute atomic E-state index is 11.9. The molecule has 0 saturated heterocycles. The molecule has 7 heteroatoms. The van der Waals surface area contributed by atoms with Gasteiger partial charge in [-0.05, 0) is 25.2 Å². The van der Waals surface area contributed by atoms with Crippen LogP contribution in [0.25, 0.3) is 10.8 Å². The first kappa shape index (κ1) is 13.7. The second-order valence-corrected chi connectivity index (χ2v) is 5.77. The second kappa shape index (κ2) is 5.12. The minimum atomic E-state index is -3.85. The van der Waals surface area contributed by atoms with Crippen LogP contribution in [0.3, 0.4) is 0 Å². The average Bonchev–Trinajstić information content (AvgIpc) is 2.34. The summed E-state index contributed by atoms with van der Waals surface area (Å²) in [7, 11) is -2.05. The molecule has 0 atom stereocenters. The van der Waals surface area contributed by atoms with Gasteiger partial charge in [0.05, 0.1) is 4.90 Å². The van der Waals surface area contributed by atoms with Crippen LogP contribution in [-0.2, 0) is 16.4 Å². The summed E-state index contributed by atoms with van der Waals surface area (Å²) in [5.74, 6) is 0. The SMILES string of the molecule is CNCCc1cc2c(S(N)(=O)=O)cccc2c(=O)[nH]1. The normalized spacial score (nSPS) is 11.9. The summed E-state index contributed by atoms with van der Waals surface area (Å²) in [4.78, 5) is 14.6. The number of aromatic nitrogens is 1. The Labute approximate surface area is 110 Å². The zero-order valence-electron chi connectivity index (χ0n) is 10.4. The molecular weight excluding hydrogens is 266 g/mol. The van der Waals surface area contributed by atoms with Crippen molar-refractivity contribution in [2.45, 2.75) is 11.3 Å². The van der Waals surface area contributed by atoms with E-state index < -0.39 is 10.0 Å². The van der Waals surface area contributed by atoms with E-state index in [4.69, 9.17) is 5.14 Å². The Hall–Kier alpha value is -1.70. The maximum Gasteiger partial charge on any atom is 0.256 e. The van der Waals surface area contributed by atoms with E-state index in [1.807, 2.05) is 0 Å². The quantitative estimate of drug-likeness (QED) is 0.730. The molecule has 0 radical (unpaired) electrons. The highest BCUT2D eigenvalue weighted by molar-refractivity contribution is 7.89. The molecule has 0 bridgehead atoms. The number of rotatable bonds is 4. The first-order valence-corrected chi connectivity index (χ1v) is 7.30. The van der Waals surface area contributed by atoms with Crippen molar-refractivity contribution >= 4 is 20.8 Å². The number of pyridine rings is 1. The van der Waals surface area contributed by atoms with E-state index in [2.05, 4.69) is 10.3 Å². The molecule has 0 spiro atoms. The molecule has 0 aliphatic rings. The van der Waals surface area contributed by atoms with Crippen molar-refractivity contribution in [3.63, 3.8) is 0 Å². The number of nitrogens with two attached hydrogens (primary N) is 1. The Morgan fingerprint density at radius 3 is 2.68 bits per heavy atom. The number of H-pyrrole nitrogens is 1. The Morgan fingerprint density at radius 1 is 1.32 bits per heavy atom. The highest BCUT2D eigenvalue weighted by Gasteiger charge is 2.14. The van der Waals surface area contributed by atoms with Gasteiger partial charge in [-0.25, -0.2) is 13.6 Å². The van der Waals surface area contributed by atoms with Crippen LogP contribution in [0.2, 0.25) is 0 Å². The topological polar surface area (TPSA) is 105 Å². The lowest BCUT2D eigenvalue weighted by molar-refractivity contribution is 0.598. The molecule has 1 aromatic heterocycles. The third-order valence-electron chi connectivity index (χ3n) is 2.85. The lowest BCUT2D eigenvalue weighted by atomic mass is 10.1. The first-order valence-electron chi connectivity index (χ1n) is 5.76. The van der Waals surface area contributed by atoms with E-state index >= 15 is 0 Å². The molecule has 102 valence electrons. The van der Waals surface area contributed by atoms with Gasteiger partial charge in [-0.3, -0.25) is 4.79 Å². The molecule has 0 fully saturated rings. The Kier molecular flexibility index (Phi) is 3.70. The lowest BCUT2D eigenvalue weighted by Crippen LogP contribution is -2.17. The molecule has 19 heavy (non-hydrogen) atoms. The van der Waals surface area contributed by atoms with Gasteiger partial charge in [0.25, 0.3) is 5.56 Å². The average molecular weight is 281 g/mol. The zero-order chi connectivity index (χ0) is 14.0. The molecule has 2 aromatic rings. The number of sulfonamides is 1. The fourth-order valence-corrected chi connectivity index (χ4v) is 2.70. The molecule has 2 rings (SSSR count). The van der Waals surface area contributed by atoms with Crippen LogP contribution >= 0.6 is 0 Å². The lowest BCUT2D eigenvalue weighted by Gasteiger charge is -2.07. The van der Waals surface area contributed by atoms with Crippen molar-refractivity contribution < 1.29 is 8.42 Å². The Balaban J connectivity index is 2.73. The molecule has 0 unspecified atom stereocenters. The predicted octanol–water partition coefficient (Wildman–Crippen LogP) is -0.0626. The van der Waals surface area contributed by atoms with Crippen LogP contribution in [0.5, 0.6) is 0 Å². The number of primary sulfonamides is 1. The number of benzene rings is 1. The molecule has 0 aliphatic carbocycles. The fraction of sp³-hybridized carbons (Fsp3) is 0.250. The number of hydrogen-bond donors (Lipinski definition) is 3. The summed E-state index contributed by atoms with van der Waals surface area (Å²) in [5, 5.41) is 8.81. The molecular formula is C12H15N3O3S. The standard InChI is InChI=1S/C12H15N3O3S/c1-14-6-5-8-7-10-9(12(16)15-8)3-2-4-11(10)19(13,17)18/h2-4,7,14H,5-6H2,1H3,(H,15,16)(H2,13,17,18). The Bertz CT molecular complexity index is 765. The van der Waals surface area contributed by atoms with Crippen molar-refractivity contribution in [1.29, 1.82) is 0 Å². The van der Waals surface area contributed by atoms with Crippen LogP contribution in [0, 0.1) is 0 Å². The van der Waals surface area contributed by atoms with Crippen molar-refractivity contribution in [1.82, 2.24) is 10.3 Å². The van der Waals surface area contributed by atoms with Crippen molar-refractivity contribution in [3.05, 3.63) is 40.3 Å². The minimum Gasteiger partial charge on any atom is -0.326 e. The van der Waals surface area contributed by atoms with Gasteiger partial charge in [-0.15, -0.1) is 0 Å². The Morgan fingerprint density at radius 2 is 2.05 bits per heavy atom. The predicted molar refractivity (Wildman–Crippen MR) is 73.6 cm³/mol. The summed E-state index contributed by atoms with van der Waals surface area (Å²) in [6, 6.07) is 6.14. The van der Waals surface area contributed by atoms with Crippen molar-refractivity contribution in [2.75, 3.05) is 13.6 Å². The monoisotopic (exact) mass is 281 g/mol.